The van der Waals surface area contributed by atoms with Crippen molar-refractivity contribution in [2.75, 3.05) is 12.4 Å². The molecule has 0 atom stereocenters. The zero-order chi connectivity index (χ0) is 14.7. The van der Waals surface area contributed by atoms with E-state index >= 15 is 0 Å². The van der Waals surface area contributed by atoms with Gasteiger partial charge in [0.25, 0.3) is 0 Å². The lowest BCUT2D eigenvalue weighted by atomic mass is 10.1. The average molecular weight is 335 g/mol. The number of halogens is 2. The zero-order valence-corrected chi connectivity index (χ0v) is 12.6. The molecule has 0 amide bonds. The Kier molecular flexibility index (Phi) is 4.26. The van der Waals surface area contributed by atoms with Crippen molar-refractivity contribution < 1.29 is 9.13 Å². The molecule has 0 unspecified atom stereocenters. The molecule has 0 saturated heterocycles. The largest absolute Gasteiger partial charge is 0.496 e. The molecular weight excluding hydrogens is 323 g/mol. The average Bonchev–Trinajstić information content (AvgIpc) is 2.44. The molecule has 0 saturated carbocycles. The third kappa shape index (κ3) is 2.75. The van der Waals surface area contributed by atoms with E-state index in [1.807, 2.05) is 25.1 Å². The summed E-state index contributed by atoms with van der Waals surface area (Å²) >= 11 is 3.08. The molecule has 5 heteroatoms. The highest BCUT2D eigenvalue weighted by Crippen LogP contribution is 2.30. The van der Waals surface area contributed by atoms with Crippen LogP contribution in [-0.2, 0) is 0 Å². The summed E-state index contributed by atoms with van der Waals surface area (Å²) in [5.74, 6) is 0.287. The highest BCUT2D eigenvalue weighted by atomic mass is 79.9. The van der Waals surface area contributed by atoms with Gasteiger partial charge >= 0.3 is 0 Å². The van der Waals surface area contributed by atoms with E-state index in [0.29, 0.717) is 5.69 Å². The highest BCUT2D eigenvalue weighted by molar-refractivity contribution is 9.10. The Bertz CT molecular complexity index is 695. The van der Waals surface area contributed by atoms with Crippen LogP contribution in [0.5, 0.6) is 5.75 Å². The number of nitriles is 1. The number of hydrogen-bond acceptors (Lipinski definition) is 3. The number of nitrogens with zero attached hydrogens (tertiary/aromatic N) is 1. The highest BCUT2D eigenvalue weighted by Gasteiger charge is 2.11. The maximum Gasteiger partial charge on any atom is 0.162 e. The van der Waals surface area contributed by atoms with Gasteiger partial charge in [-0.25, -0.2) is 4.39 Å². The van der Waals surface area contributed by atoms with Gasteiger partial charge in [-0.05, 0) is 58.7 Å². The molecule has 0 aliphatic carbocycles. The van der Waals surface area contributed by atoms with Crippen LogP contribution in [0.15, 0.2) is 34.8 Å². The van der Waals surface area contributed by atoms with Gasteiger partial charge in [0.15, 0.2) is 5.82 Å². The molecule has 0 radical (unpaired) electrons. The number of nitrogens with one attached hydrogen (secondary N) is 1. The third-order valence-electron chi connectivity index (χ3n) is 2.88. The maximum absolute atomic E-state index is 14.1. The monoisotopic (exact) mass is 334 g/mol. The SMILES string of the molecule is COc1ccc(Nc2ccc(C#N)c(Br)c2F)cc1C. The molecule has 3 nitrogen and oxygen atoms in total. The van der Waals surface area contributed by atoms with Crippen LogP contribution in [-0.4, -0.2) is 7.11 Å². The normalized spacial score (nSPS) is 9.95. The molecule has 0 heterocycles. The van der Waals surface area contributed by atoms with Gasteiger partial charge < -0.3 is 10.1 Å². The molecule has 2 rings (SSSR count). The summed E-state index contributed by atoms with van der Waals surface area (Å²) in [7, 11) is 1.60. The van der Waals surface area contributed by atoms with E-state index in [0.717, 1.165) is 17.0 Å². The molecule has 2 aromatic rings. The molecule has 0 aliphatic rings. The van der Waals surface area contributed by atoms with Gasteiger partial charge in [-0.3, -0.25) is 0 Å². The van der Waals surface area contributed by atoms with E-state index in [1.54, 1.807) is 19.2 Å². The quantitative estimate of drug-likeness (QED) is 0.897. The molecular formula is C15H12BrFN2O. The summed E-state index contributed by atoms with van der Waals surface area (Å²) in [6, 6.07) is 10.5. The lowest BCUT2D eigenvalue weighted by Gasteiger charge is -2.11. The van der Waals surface area contributed by atoms with Crippen molar-refractivity contribution in [1.29, 1.82) is 5.26 Å². The number of aryl methyl sites for hydroxylation is 1. The van der Waals surface area contributed by atoms with Crippen molar-refractivity contribution in [3.63, 3.8) is 0 Å². The van der Waals surface area contributed by atoms with Crippen molar-refractivity contribution in [2.45, 2.75) is 6.92 Å². The minimum absolute atomic E-state index is 0.162. The molecule has 102 valence electrons. The summed E-state index contributed by atoms with van der Waals surface area (Å²) in [5.41, 5.74) is 2.27. The van der Waals surface area contributed by atoms with Gasteiger partial charge in [0.1, 0.15) is 11.8 Å². The van der Waals surface area contributed by atoms with Crippen molar-refractivity contribution in [3.05, 3.63) is 51.7 Å². The summed E-state index contributed by atoms with van der Waals surface area (Å²) in [5, 5.41) is 11.8. The van der Waals surface area contributed by atoms with Gasteiger partial charge in [0.2, 0.25) is 0 Å². The zero-order valence-electron chi connectivity index (χ0n) is 11.0. The minimum Gasteiger partial charge on any atom is -0.496 e. The van der Waals surface area contributed by atoms with Gasteiger partial charge in [-0.15, -0.1) is 0 Å². The first-order chi connectivity index (χ1) is 9.56. The summed E-state index contributed by atoms with van der Waals surface area (Å²) in [4.78, 5) is 0. The fraction of sp³-hybridized carbons (Fsp3) is 0.133. The van der Waals surface area contributed by atoms with Gasteiger partial charge in [0, 0.05) is 5.69 Å². The van der Waals surface area contributed by atoms with Crippen molar-refractivity contribution in [3.8, 4) is 11.8 Å². The third-order valence-corrected chi connectivity index (χ3v) is 3.65. The number of ether oxygens (including phenoxy) is 1. The van der Waals surface area contributed by atoms with Crippen LogP contribution in [0.25, 0.3) is 0 Å². The van der Waals surface area contributed by atoms with Gasteiger partial charge in [-0.2, -0.15) is 5.26 Å². The Labute approximate surface area is 125 Å². The molecule has 0 fully saturated rings. The number of anilines is 2. The van der Waals surface area contributed by atoms with Crippen LogP contribution in [0.2, 0.25) is 0 Å². The van der Waals surface area contributed by atoms with Crippen molar-refractivity contribution in [2.24, 2.45) is 0 Å². The predicted octanol–water partition coefficient (Wildman–Crippen LogP) is 4.52. The first-order valence-corrected chi connectivity index (χ1v) is 6.66. The van der Waals surface area contributed by atoms with Crippen LogP contribution < -0.4 is 10.1 Å². The molecule has 1 N–H and O–H groups in total. The van der Waals surface area contributed by atoms with E-state index in [-0.39, 0.29) is 10.0 Å². The summed E-state index contributed by atoms with van der Waals surface area (Å²) in [6.07, 6.45) is 0. The molecule has 20 heavy (non-hydrogen) atoms. The number of methoxy groups -OCH3 is 1. The van der Waals surface area contributed by atoms with Crippen LogP contribution in [0.1, 0.15) is 11.1 Å². The lowest BCUT2D eigenvalue weighted by Crippen LogP contribution is -1.97. The molecule has 0 aliphatic heterocycles. The second kappa shape index (κ2) is 5.93. The Morgan fingerprint density at radius 1 is 1.30 bits per heavy atom. The first kappa shape index (κ1) is 14.4. The standard InChI is InChI=1S/C15H12BrFN2O/c1-9-7-11(4-6-13(9)20-2)19-12-5-3-10(8-18)14(16)15(12)17/h3-7,19H,1-2H3. The summed E-state index contributed by atoms with van der Waals surface area (Å²) in [6.45, 7) is 1.91. The Hall–Kier alpha value is -2.06. The topological polar surface area (TPSA) is 45.0 Å². The summed E-state index contributed by atoms with van der Waals surface area (Å²) < 4.78 is 19.4. The van der Waals surface area contributed by atoms with Crippen LogP contribution in [0, 0.1) is 24.1 Å². The second-order valence-electron chi connectivity index (χ2n) is 4.21. The van der Waals surface area contributed by atoms with Crippen LogP contribution in [0.3, 0.4) is 0 Å². The van der Waals surface area contributed by atoms with E-state index in [9.17, 15) is 4.39 Å². The minimum atomic E-state index is -0.488. The Morgan fingerprint density at radius 3 is 2.65 bits per heavy atom. The van der Waals surface area contributed by atoms with Gasteiger partial charge in [0.05, 0.1) is 22.8 Å². The predicted molar refractivity (Wildman–Crippen MR) is 79.8 cm³/mol. The molecule has 0 aromatic heterocycles. The smallest absolute Gasteiger partial charge is 0.162 e. The molecule has 0 spiro atoms. The van der Waals surface area contributed by atoms with Gasteiger partial charge in [-0.1, -0.05) is 0 Å². The van der Waals surface area contributed by atoms with Crippen LogP contribution in [0.4, 0.5) is 15.8 Å². The lowest BCUT2D eigenvalue weighted by molar-refractivity contribution is 0.412. The number of benzene rings is 2. The Morgan fingerprint density at radius 2 is 2.05 bits per heavy atom. The van der Waals surface area contributed by atoms with E-state index in [4.69, 9.17) is 10.00 Å². The van der Waals surface area contributed by atoms with E-state index in [1.165, 1.54) is 6.07 Å². The molecule has 2 aromatic carbocycles. The fourth-order valence-corrected chi connectivity index (χ4v) is 2.28. The maximum atomic E-state index is 14.1. The Balaban J connectivity index is 2.34. The number of rotatable bonds is 3. The first-order valence-electron chi connectivity index (χ1n) is 5.86. The number of hydrogen-bond donors (Lipinski definition) is 1. The van der Waals surface area contributed by atoms with Crippen molar-refractivity contribution >= 4 is 27.3 Å². The van der Waals surface area contributed by atoms with E-state index < -0.39 is 5.82 Å². The molecule has 0 bridgehead atoms. The van der Waals surface area contributed by atoms with Crippen molar-refractivity contribution in [1.82, 2.24) is 0 Å². The second-order valence-corrected chi connectivity index (χ2v) is 5.00. The van der Waals surface area contributed by atoms with Crippen LogP contribution >= 0.6 is 15.9 Å². The fourth-order valence-electron chi connectivity index (χ4n) is 1.84. The van der Waals surface area contributed by atoms with E-state index in [2.05, 4.69) is 21.2 Å².